The Hall–Kier alpha value is -1.12. The number of aryl methyl sites for hydroxylation is 1. The molecular weight excluding hydrogens is 409 g/mol. The first kappa shape index (κ1) is 19.2. The smallest absolute Gasteiger partial charge is 0.244 e. The maximum atomic E-state index is 12.9. The molecule has 0 N–H and O–H groups in total. The Morgan fingerprint density at radius 1 is 1.07 bits per heavy atom. The Bertz CT molecular complexity index is 937. The van der Waals surface area contributed by atoms with Gasteiger partial charge in [0.1, 0.15) is 16.3 Å². The molecule has 0 bridgehead atoms. The lowest BCUT2D eigenvalue weighted by molar-refractivity contribution is 0.177. The van der Waals surface area contributed by atoms with Crippen LogP contribution in [0.4, 0.5) is 0 Å². The first-order chi connectivity index (χ1) is 13.0. The topological polar surface area (TPSA) is 66.7 Å². The number of benzene rings is 1. The van der Waals surface area contributed by atoms with Crippen molar-refractivity contribution in [2.75, 3.05) is 26.2 Å². The first-order valence-corrected chi connectivity index (χ1v) is 11.3. The second-order valence-corrected chi connectivity index (χ2v) is 9.66. The summed E-state index contributed by atoms with van der Waals surface area (Å²) in [6.45, 7) is 2.79. The molecular formula is C18H21Cl2N3O3S. The molecule has 0 radical (unpaired) electrons. The van der Waals surface area contributed by atoms with Gasteiger partial charge in [-0.25, -0.2) is 8.42 Å². The summed E-state index contributed by atoms with van der Waals surface area (Å²) in [4.78, 5) is 2.29. The van der Waals surface area contributed by atoms with Gasteiger partial charge in [0.15, 0.2) is 0 Å². The molecule has 0 saturated carbocycles. The minimum atomic E-state index is -3.66. The number of rotatable bonds is 4. The van der Waals surface area contributed by atoms with Crippen molar-refractivity contribution in [3.05, 3.63) is 45.3 Å². The van der Waals surface area contributed by atoms with Crippen molar-refractivity contribution >= 4 is 33.2 Å². The van der Waals surface area contributed by atoms with Crippen molar-refractivity contribution in [3.63, 3.8) is 0 Å². The fourth-order valence-corrected chi connectivity index (χ4v) is 5.89. The summed E-state index contributed by atoms with van der Waals surface area (Å²) in [7, 11) is -3.66. The summed E-state index contributed by atoms with van der Waals surface area (Å²) in [5, 5.41) is 4.57. The van der Waals surface area contributed by atoms with Crippen LogP contribution in [-0.4, -0.2) is 49.0 Å². The third-order valence-corrected chi connectivity index (χ3v) is 8.14. The molecule has 4 rings (SSSR count). The number of nitrogens with zero attached hydrogens (tertiary/aromatic N) is 3. The maximum absolute atomic E-state index is 12.9. The Kier molecular flexibility index (Phi) is 5.49. The molecule has 0 atom stereocenters. The van der Waals surface area contributed by atoms with Gasteiger partial charge < -0.3 is 4.52 Å². The zero-order valence-electron chi connectivity index (χ0n) is 14.8. The van der Waals surface area contributed by atoms with Crippen LogP contribution in [0, 0.1) is 0 Å². The van der Waals surface area contributed by atoms with Gasteiger partial charge in [0.25, 0.3) is 0 Å². The number of fused-ring (bicyclic) bond motifs is 1. The maximum Gasteiger partial charge on any atom is 0.244 e. The van der Waals surface area contributed by atoms with Gasteiger partial charge in [-0.05, 0) is 31.4 Å². The molecule has 6 nitrogen and oxygen atoms in total. The molecule has 1 aromatic heterocycles. The van der Waals surface area contributed by atoms with Gasteiger partial charge in [-0.2, -0.15) is 4.31 Å². The van der Waals surface area contributed by atoms with E-state index < -0.39 is 10.0 Å². The van der Waals surface area contributed by atoms with Crippen molar-refractivity contribution in [1.29, 1.82) is 0 Å². The monoisotopic (exact) mass is 429 g/mol. The number of piperazine rings is 1. The van der Waals surface area contributed by atoms with Gasteiger partial charge in [0.2, 0.25) is 10.0 Å². The number of aromatic nitrogens is 1. The fraction of sp³-hybridized carbons (Fsp3) is 0.500. The second kappa shape index (κ2) is 7.72. The molecule has 1 aliphatic heterocycles. The molecule has 9 heteroatoms. The van der Waals surface area contributed by atoms with E-state index in [1.54, 1.807) is 12.1 Å². The number of hydrogen-bond donors (Lipinski definition) is 0. The molecule has 2 aromatic rings. The molecule has 1 saturated heterocycles. The van der Waals surface area contributed by atoms with Crippen LogP contribution in [0.1, 0.15) is 29.9 Å². The highest BCUT2D eigenvalue weighted by Gasteiger charge is 2.31. The summed E-state index contributed by atoms with van der Waals surface area (Å²) in [6, 6.07) is 4.68. The second-order valence-electron chi connectivity index (χ2n) is 6.97. The third kappa shape index (κ3) is 3.76. The van der Waals surface area contributed by atoms with Crippen LogP contribution in [0.3, 0.4) is 0 Å². The van der Waals surface area contributed by atoms with Crippen molar-refractivity contribution in [2.45, 2.75) is 37.1 Å². The van der Waals surface area contributed by atoms with Crippen LogP contribution < -0.4 is 0 Å². The van der Waals surface area contributed by atoms with Crippen molar-refractivity contribution in [3.8, 4) is 0 Å². The Labute approximate surface area is 169 Å². The number of halogens is 2. The number of sulfonamides is 1. The summed E-state index contributed by atoms with van der Waals surface area (Å²) in [5.74, 6) is 1.02. The van der Waals surface area contributed by atoms with E-state index in [1.807, 2.05) is 0 Å². The summed E-state index contributed by atoms with van der Waals surface area (Å²) >= 11 is 12.1. The highest BCUT2D eigenvalue weighted by Crippen LogP contribution is 2.31. The Balaban J connectivity index is 1.43. The predicted octanol–water partition coefficient (Wildman–Crippen LogP) is 3.37. The van der Waals surface area contributed by atoms with Crippen LogP contribution >= 0.6 is 23.2 Å². The molecule has 27 heavy (non-hydrogen) atoms. The van der Waals surface area contributed by atoms with E-state index in [2.05, 4.69) is 10.1 Å². The van der Waals surface area contributed by atoms with Crippen LogP contribution in [0.15, 0.2) is 27.6 Å². The standard InChI is InChI=1S/C18H21Cl2N3O3S/c19-14-5-3-7-17(18(14)20)27(24,25)23-10-8-22(9-11-23)12-15-13-4-1-2-6-16(13)26-21-15/h3,5,7H,1-2,4,6,8-12H2. The fourth-order valence-electron chi connectivity index (χ4n) is 3.74. The van der Waals surface area contributed by atoms with Gasteiger partial charge >= 0.3 is 0 Å². The van der Waals surface area contributed by atoms with Gasteiger partial charge in [0.05, 0.1) is 10.0 Å². The van der Waals surface area contributed by atoms with E-state index in [1.165, 1.54) is 22.4 Å². The molecule has 0 amide bonds. The lowest BCUT2D eigenvalue weighted by Gasteiger charge is -2.33. The molecule has 1 aliphatic carbocycles. The molecule has 1 aromatic carbocycles. The highest BCUT2D eigenvalue weighted by molar-refractivity contribution is 7.89. The van der Waals surface area contributed by atoms with Crippen molar-refractivity contribution in [1.82, 2.24) is 14.4 Å². The number of hydrogen-bond acceptors (Lipinski definition) is 5. The third-order valence-electron chi connectivity index (χ3n) is 5.27. The van der Waals surface area contributed by atoms with E-state index in [0.717, 1.165) is 30.7 Å². The molecule has 146 valence electrons. The Morgan fingerprint density at radius 2 is 1.81 bits per heavy atom. The predicted molar refractivity (Wildman–Crippen MR) is 104 cm³/mol. The van der Waals surface area contributed by atoms with Crippen LogP contribution in [0.25, 0.3) is 0 Å². The van der Waals surface area contributed by atoms with Gasteiger partial charge in [-0.1, -0.05) is 34.4 Å². The van der Waals surface area contributed by atoms with Crippen molar-refractivity contribution in [2.24, 2.45) is 0 Å². The molecule has 2 heterocycles. The average Bonchev–Trinajstić information content (AvgIpc) is 3.07. The van der Waals surface area contributed by atoms with E-state index in [9.17, 15) is 8.42 Å². The summed E-state index contributed by atoms with van der Waals surface area (Å²) in [6.07, 6.45) is 4.32. The van der Waals surface area contributed by atoms with E-state index in [4.69, 9.17) is 27.7 Å². The zero-order chi connectivity index (χ0) is 19.0. The molecule has 0 spiro atoms. The van der Waals surface area contributed by atoms with Crippen LogP contribution in [-0.2, 0) is 29.4 Å². The molecule has 2 aliphatic rings. The van der Waals surface area contributed by atoms with E-state index in [0.29, 0.717) is 32.7 Å². The van der Waals surface area contributed by atoms with Crippen molar-refractivity contribution < 1.29 is 12.9 Å². The summed E-state index contributed by atoms with van der Waals surface area (Å²) < 4.78 is 32.8. The Morgan fingerprint density at radius 3 is 2.59 bits per heavy atom. The SMILES string of the molecule is O=S(=O)(c1cccc(Cl)c1Cl)N1CCN(Cc2noc3c2CCCC3)CC1. The average molecular weight is 430 g/mol. The lowest BCUT2D eigenvalue weighted by atomic mass is 9.96. The van der Waals surface area contributed by atoms with E-state index in [-0.39, 0.29) is 14.9 Å². The quantitative estimate of drug-likeness (QED) is 0.744. The largest absolute Gasteiger partial charge is 0.361 e. The minimum Gasteiger partial charge on any atom is -0.361 e. The zero-order valence-corrected chi connectivity index (χ0v) is 17.2. The van der Waals surface area contributed by atoms with Gasteiger partial charge in [0, 0.05) is 44.7 Å². The van der Waals surface area contributed by atoms with Gasteiger partial charge in [-0.3, -0.25) is 4.90 Å². The summed E-state index contributed by atoms with van der Waals surface area (Å²) in [5.41, 5.74) is 2.25. The molecule has 1 fully saturated rings. The van der Waals surface area contributed by atoms with E-state index >= 15 is 0 Å². The van der Waals surface area contributed by atoms with Gasteiger partial charge in [-0.15, -0.1) is 0 Å². The van der Waals surface area contributed by atoms with Crippen LogP contribution in [0.5, 0.6) is 0 Å². The molecule has 0 unspecified atom stereocenters. The lowest BCUT2D eigenvalue weighted by Crippen LogP contribution is -2.48. The highest BCUT2D eigenvalue weighted by atomic mass is 35.5. The minimum absolute atomic E-state index is 0.0655. The van der Waals surface area contributed by atoms with Crippen LogP contribution in [0.2, 0.25) is 10.0 Å². The normalized spacial score (nSPS) is 19.2. The first-order valence-electron chi connectivity index (χ1n) is 9.09.